The highest BCUT2D eigenvalue weighted by Crippen LogP contribution is 2.38. The third-order valence-electron chi connectivity index (χ3n) is 4.17. The Bertz CT molecular complexity index is 591. The molecule has 4 heteroatoms. The van der Waals surface area contributed by atoms with E-state index in [4.69, 9.17) is 14.8 Å². The van der Waals surface area contributed by atoms with E-state index >= 15 is 0 Å². The molecule has 3 nitrogen and oxygen atoms in total. The molecule has 0 radical (unpaired) electrons. The van der Waals surface area contributed by atoms with Crippen molar-refractivity contribution in [3.05, 3.63) is 59.7 Å². The second kappa shape index (κ2) is 6.33. The Balaban J connectivity index is 1.67. The number of hydrogen-bond acceptors (Lipinski definition) is 3. The van der Waals surface area contributed by atoms with E-state index in [1.54, 1.807) is 24.3 Å². The van der Waals surface area contributed by atoms with Crippen molar-refractivity contribution in [3.8, 4) is 5.75 Å². The van der Waals surface area contributed by atoms with Gasteiger partial charge in [0, 0.05) is 0 Å². The maximum absolute atomic E-state index is 9.07. The van der Waals surface area contributed by atoms with Crippen LogP contribution >= 0.6 is 0 Å². The van der Waals surface area contributed by atoms with Crippen LogP contribution in [0.3, 0.4) is 0 Å². The summed E-state index contributed by atoms with van der Waals surface area (Å²) in [7, 11) is -1.43. The minimum Gasteiger partial charge on any atom is -0.489 e. The molecule has 0 amide bonds. The zero-order chi connectivity index (χ0) is 14.7. The predicted octanol–water partition coefficient (Wildman–Crippen LogP) is 2.21. The van der Waals surface area contributed by atoms with Gasteiger partial charge in [0.2, 0.25) is 0 Å². The molecule has 0 aromatic heterocycles. The van der Waals surface area contributed by atoms with Crippen molar-refractivity contribution in [3.63, 3.8) is 0 Å². The molecule has 0 atom stereocenters. The normalized spacial score (nSPS) is 14.6. The van der Waals surface area contributed by atoms with Gasteiger partial charge in [-0.3, -0.25) is 0 Å². The van der Waals surface area contributed by atoms with Crippen LogP contribution in [0.1, 0.15) is 36.3 Å². The molecule has 1 aliphatic carbocycles. The van der Waals surface area contributed by atoms with Crippen LogP contribution in [0.2, 0.25) is 0 Å². The van der Waals surface area contributed by atoms with E-state index in [9.17, 15) is 0 Å². The summed E-state index contributed by atoms with van der Waals surface area (Å²) < 4.78 is 5.82. The number of ether oxygens (including phenoxy) is 1. The molecule has 2 N–H and O–H groups in total. The van der Waals surface area contributed by atoms with E-state index in [1.807, 2.05) is 6.07 Å². The second-order valence-corrected chi connectivity index (χ2v) is 5.56. The maximum Gasteiger partial charge on any atom is 0.488 e. The van der Waals surface area contributed by atoms with Crippen LogP contribution in [0.15, 0.2) is 48.5 Å². The van der Waals surface area contributed by atoms with E-state index in [0.717, 1.165) is 5.75 Å². The Hall–Kier alpha value is -1.78. The lowest BCUT2D eigenvalue weighted by molar-refractivity contribution is 0.301. The van der Waals surface area contributed by atoms with Crippen molar-refractivity contribution < 1.29 is 14.8 Å². The first-order chi connectivity index (χ1) is 10.2. The highest BCUT2D eigenvalue weighted by Gasteiger charge is 2.21. The number of hydrogen-bond donors (Lipinski definition) is 2. The molecule has 0 aliphatic heterocycles. The summed E-state index contributed by atoms with van der Waals surface area (Å²) in [5.41, 5.74) is 3.12. The zero-order valence-corrected chi connectivity index (χ0v) is 11.9. The van der Waals surface area contributed by atoms with Gasteiger partial charge in [-0.25, -0.2) is 0 Å². The fourth-order valence-electron chi connectivity index (χ4n) is 2.68. The molecule has 1 fully saturated rings. The van der Waals surface area contributed by atoms with Crippen molar-refractivity contribution in [1.82, 2.24) is 0 Å². The standard InChI is InChI=1S/C17H19BO3/c19-18(20)15-8-10-16(11-9-15)21-12-14-4-1-2-7-17(14)13-5-3-6-13/h1-2,4,7-11,13,19-20H,3,5-6,12H2. The quantitative estimate of drug-likeness (QED) is 0.827. The smallest absolute Gasteiger partial charge is 0.488 e. The monoisotopic (exact) mass is 282 g/mol. The van der Waals surface area contributed by atoms with Crippen LogP contribution in [0.25, 0.3) is 0 Å². The van der Waals surface area contributed by atoms with Crippen LogP contribution in [0, 0.1) is 0 Å². The molecule has 3 rings (SSSR count). The molecule has 108 valence electrons. The van der Waals surface area contributed by atoms with Crippen LogP contribution < -0.4 is 10.2 Å². The van der Waals surface area contributed by atoms with Gasteiger partial charge in [-0.1, -0.05) is 42.8 Å². The molecule has 1 saturated carbocycles. The first-order valence-electron chi connectivity index (χ1n) is 7.41. The number of rotatable bonds is 5. The fourth-order valence-corrected chi connectivity index (χ4v) is 2.68. The van der Waals surface area contributed by atoms with Gasteiger partial charge in [-0.15, -0.1) is 0 Å². The van der Waals surface area contributed by atoms with Crippen LogP contribution in [0.4, 0.5) is 0 Å². The summed E-state index contributed by atoms with van der Waals surface area (Å²) in [6, 6.07) is 15.3. The summed E-state index contributed by atoms with van der Waals surface area (Å²) in [5.74, 6) is 1.43. The largest absolute Gasteiger partial charge is 0.489 e. The van der Waals surface area contributed by atoms with Crippen LogP contribution in [-0.2, 0) is 6.61 Å². The first kappa shape index (κ1) is 14.2. The van der Waals surface area contributed by atoms with Gasteiger partial charge in [-0.2, -0.15) is 0 Å². The Morgan fingerprint density at radius 3 is 2.33 bits per heavy atom. The van der Waals surface area contributed by atoms with E-state index in [0.29, 0.717) is 18.0 Å². The van der Waals surface area contributed by atoms with Crippen LogP contribution in [-0.4, -0.2) is 17.2 Å². The lowest BCUT2D eigenvalue weighted by Gasteiger charge is -2.28. The SMILES string of the molecule is OB(O)c1ccc(OCc2ccccc2C2CCC2)cc1. The van der Waals surface area contributed by atoms with Gasteiger partial charge < -0.3 is 14.8 Å². The van der Waals surface area contributed by atoms with Crippen molar-refractivity contribution >= 4 is 12.6 Å². The molecule has 0 spiro atoms. The third kappa shape index (κ3) is 3.28. The first-order valence-corrected chi connectivity index (χ1v) is 7.41. The molecule has 0 saturated heterocycles. The summed E-state index contributed by atoms with van der Waals surface area (Å²) in [6.45, 7) is 0.549. The Labute approximate surface area is 125 Å². The number of benzene rings is 2. The minimum absolute atomic E-state index is 0.470. The van der Waals surface area contributed by atoms with E-state index in [-0.39, 0.29) is 0 Å². The van der Waals surface area contributed by atoms with Crippen molar-refractivity contribution in [2.45, 2.75) is 31.8 Å². The summed E-state index contributed by atoms with van der Waals surface area (Å²) in [4.78, 5) is 0. The molecule has 0 unspecified atom stereocenters. The van der Waals surface area contributed by atoms with Gasteiger partial charge in [0.05, 0.1) is 0 Å². The van der Waals surface area contributed by atoms with Gasteiger partial charge in [0.1, 0.15) is 12.4 Å². The summed E-state index contributed by atoms with van der Waals surface area (Å²) in [5, 5.41) is 18.1. The Morgan fingerprint density at radius 2 is 1.71 bits per heavy atom. The fraction of sp³-hybridized carbons (Fsp3) is 0.294. The van der Waals surface area contributed by atoms with Gasteiger partial charge in [-0.05, 0) is 47.5 Å². The average molecular weight is 282 g/mol. The topological polar surface area (TPSA) is 49.7 Å². The molecule has 0 bridgehead atoms. The maximum atomic E-state index is 9.07. The molecule has 0 heterocycles. The van der Waals surface area contributed by atoms with Crippen molar-refractivity contribution in [2.24, 2.45) is 0 Å². The average Bonchev–Trinajstić information content (AvgIpc) is 2.45. The molecule has 1 aliphatic rings. The van der Waals surface area contributed by atoms with E-state index in [2.05, 4.69) is 18.2 Å². The van der Waals surface area contributed by atoms with Crippen LogP contribution in [0.5, 0.6) is 5.75 Å². The predicted molar refractivity (Wildman–Crippen MR) is 83.6 cm³/mol. The second-order valence-electron chi connectivity index (χ2n) is 5.56. The molecular formula is C17H19BO3. The summed E-state index contributed by atoms with van der Waals surface area (Å²) in [6.07, 6.45) is 3.88. The highest BCUT2D eigenvalue weighted by atomic mass is 16.5. The van der Waals surface area contributed by atoms with E-state index in [1.165, 1.54) is 30.4 Å². The van der Waals surface area contributed by atoms with Gasteiger partial charge >= 0.3 is 7.12 Å². The zero-order valence-electron chi connectivity index (χ0n) is 11.9. The third-order valence-corrected chi connectivity index (χ3v) is 4.17. The molecule has 21 heavy (non-hydrogen) atoms. The van der Waals surface area contributed by atoms with Gasteiger partial charge in [0.25, 0.3) is 0 Å². The summed E-state index contributed by atoms with van der Waals surface area (Å²) >= 11 is 0. The lowest BCUT2D eigenvalue weighted by Crippen LogP contribution is -2.29. The van der Waals surface area contributed by atoms with Crippen molar-refractivity contribution in [1.29, 1.82) is 0 Å². The van der Waals surface area contributed by atoms with E-state index < -0.39 is 7.12 Å². The Kier molecular flexibility index (Phi) is 4.27. The minimum atomic E-state index is -1.43. The lowest BCUT2D eigenvalue weighted by atomic mass is 9.78. The molecular weight excluding hydrogens is 263 g/mol. The van der Waals surface area contributed by atoms with Gasteiger partial charge in [0.15, 0.2) is 0 Å². The Morgan fingerprint density at radius 1 is 1.00 bits per heavy atom. The van der Waals surface area contributed by atoms with Crippen molar-refractivity contribution in [2.75, 3.05) is 0 Å². The molecule has 2 aromatic rings. The molecule has 2 aromatic carbocycles. The highest BCUT2D eigenvalue weighted by molar-refractivity contribution is 6.58.